The highest BCUT2D eigenvalue weighted by Gasteiger charge is 2.70. The number of ether oxygens (including phenoxy) is 6. The van der Waals surface area contributed by atoms with Gasteiger partial charge in [-0.2, -0.15) is 0 Å². The van der Waals surface area contributed by atoms with Crippen LogP contribution in [-0.4, -0.2) is 186 Å². The van der Waals surface area contributed by atoms with E-state index in [1.807, 2.05) is 6.92 Å². The number of hydrogen-bond donors (Lipinski definition) is 11. The molecule has 0 unspecified atom stereocenters. The SMILES string of the molecule is CC1(C)CC(=O)[C@@]2(C)CC[C@@]3(C)C(=CC[C@@H]4[C@@]5(C)CC[C@H](O[C@H]6O[C@@H](C(=O)O)[C@H](O)[C@H](O)[C@H]6O[C@H]6O[C@@H](CO)[C@@H](O)[C@@H](O)[C@H]6O[C@H]6O[C@@H](CO)[C@@H](O)[C@@H](O)[C@H]6O)[C@](C)(CO)[C@@H]5CC[C@]43C)[C@@H]2C1. The number of fused-ring (bicyclic) bond motifs is 7. The van der Waals surface area contributed by atoms with Crippen LogP contribution in [0.2, 0.25) is 0 Å². The first-order valence-corrected chi connectivity index (χ1v) is 24.3. The third-order valence-corrected chi connectivity index (χ3v) is 19.3. The maximum absolute atomic E-state index is 13.8. The summed E-state index contributed by atoms with van der Waals surface area (Å²) in [4.78, 5) is 26.3. The zero-order valence-electron chi connectivity index (χ0n) is 39.7. The lowest BCUT2D eigenvalue weighted by Gasteiger charge is -2.71. The van der Waals surface area contributed by atoms with E-state index in [1.165, 1.54) is 5.57 Å². The number of aliphatic hydroxyl groups excluding tert-OH is 10. The van der Waals surface area contributed by atoms with Gasteiger partial charge < -0.3 is 84.6 Å². The first kappa shape index (κ1) is 51.6. The fourth-order valence-corrected chi connectivity index (χ4v) is 14.9. The van der Waals surface area contributed by atoms with Gasteiger partial charge in [0, 0.05) is 17.3 Å². The molecule has 0 radical (unpaired) electrons. The number of ketones is 1. The molecule has 11 N–H and O–H groups in total. The normalized spacial score (nSPS) is 54.2. The molecule has 8 aliphatic rings. The average molecular weight is 957 g/mol. The number of aliphatic carboxylic acids is 1. The summed E-state index contributed by atoms with van der Waals surface area (Å²) >= 11 is 0. The molecule has 0 aromatic carbocycles. The van der Waals surface area contributed by atoms with E-state index in [4.69, 9.17) is 28.4 Å². The predicted molar refractivity (Wildman–Crippen MR) is 231 cm³/mol. The minimum absolute atomic E-state index is 0.0909. The van der Waals surface area contributed by atoms with Crippen molar-refractivity contribution in [3.63, 3.8) is 0 Å². The number of Topliss-reactive ketones (excluding diaryl/α,β-unsaturated/α-hetero) is 1. The van der Waals surface area contributed by atoms with Gasteiger partial charge in [-0.1, -0.05) is 60.1 Å². The third-order valence-electron chi connectivity index (χ3n) is 19.3. The van der Waals surface area contributed by atoms with Crippen molar-refractivity contribution in [1.82, 2.24) is 0 Å². The maximum Gasteiger partial charge on any atom is 0.335 e. The summed E-state index contributed by atoms with van der Waals surface area (Å²) in [5, 5.41) is 118. The number of carboxylic acid groups (broad SMARTS) is 1. The molecule has 4 saturated carbocycles. The van der Waals surface area contributed by atoms with Gasteiger partial charge in [0.05, 0.1) is 25.9 Å². The van der Waals surface area contributed by atoms with Crippen LogP contribution in [-0.2, 0) is 38.0 Å². The molecule has 8 rings (SSSR count). The Balaban J connectivity index is 1.08. The Hall–Kier alpha value is -1.76. The van der Waals surface area contributed by atoms with Crippen LogP contribution in [0.4, 0.5) is 0 Å². The smallest absolute Gasteiger partial charge is 0.335 e. The zero-order chi connectivity index (χ0) is 49.1. The monoisotopic (exact) mass is 956 g/mol. The Bertz CT molecular complexity index is 1880. The molecule has 0 aromatic heterocycles. The van der Waals surface area contributed by atoms with E-state index in [1.54, 1.807) is 0 Å². The van der Waals surface area contributed by atoms with Crippen LogP contribution in [0.25, 0.3) is 0 Å². The van der Waals surface area contributed by atoms with Crippen LogP contribution in [0.5, 0.6) is 0 Å². The summed E-state index contributed by atoms with van der Waals surface area (Å²) in [6.07, 6.45) is -19.5. The van der Waals surface area contributed by atoms with Crippen LogP contribution >= 0.6 is 0 Å². The maximum atomic E-state index is 13.8. The largest absolute Gasteiger partial charge is 0.479 e. The second-order valence-electron chi connectivity index (χ2n) is 23.4. The van der Waals surface area contributed by atoms with E-state index >= 15 is 0 Å². The molecule has 67 heavy (non-hydrogen) atoms. The van der Waals surface area contributed by atoms with Crippen molar-refractivity contribution in [1.29, 1.82) is 0 Å². The van der Waals surface area contributed by atoms with Crippen molar-refractivity contribution in [3.8, 4) is 0 Å². The van der Waals surface area contributed by atoms with Crippen LogP contribution in [0, 0.1) is 50.2 Å². The topological polar surface area (TPSA) is 312 Å². The Labute approximate surface area is 391 Å². The Morgan fingerprint density at radius 2 is 1.25 bits per heavy atom. The number of hydrogen-bond acceptors (Lipinski definition) is 18. The second kappa shape index (κ2) is 18.1. The Morgan fingerprint density at radius 1 is 0.672 bits per heavy atom. The van der Waals surface area contributed by atoms with Gasteiger partial charge in [-0.3, -0.25) is 4.79 Å². The number of carbonyl (C=O) groups is 2. The second-order valence-corrected chi connectivity index (χ2v) is 23.4. The first-order chi connectivity index (χ1) is 31.3. The quantitative estimate of drug-likeness (QED) is 0.101. The molecule has 5 aliphatic carbocycles. The molecule has 19 heteroatoms. The summed E-state index contributed by atoms with van der Waals surface area (Å²) in [5.41, 5.74) is -0.597. The van der Waals surface area contributed by atoms with E-state index in [2.05, 4.69) is 47.6 Å². The van der Waals surface area contributed by atoms with Crippen molar-refractivity contribution < 1.29 is 94.2 Å². The minimum Gasteiger partial charge on any atom is -0.479 e. The average Bonchev–Trinajstić information content (AvgIpc) is 3.27. The first-order valence-electron chi connectivity index (χ1n) is 24.3. The van der Waals surface area contributed by atoms with Crippen LogP contribution in [0.15, 0.2) is 11.6 Å². The molecule has 0 bridgehead atoms. The molecular formula is C48H76O19. The molecule has 24 atom stereocenters. The molecule has 3 heterocycles. The van der Waals surface area contributed by atoms with E-state index in [-0.39, 0.29) is 51.4 Å². The number of carboxylic acids is 1. The van der Waals surface area contributed by atoms with Crippen molar-refractivity contribution in [2.45, 2.75) is 204 Å². The van der Waals surface area contributed by atoms with Gasteiger partial charge in [-0.05, 0) is 90.8 Å². The van der Waals surface area contributed by atoms with E-state index < -0.39 is 123 Å². The third kappa shape index (κ3) is 8.01. The summed E-state index contributed by atoms with van der Waals surface area (Å²) in [5.74, 6) is -0.996. The highest BCUT2D eigenvalue weighted by atomic mass is 16.8. The summed E-state index contributed by atoms with van der Waals surface area (Å²) in [6, 6.07) is 0. The standard InChI is InChI=1S/C48H76O19/c1-43(2)16-22-21-8-9-26-45(4)12-11-28(46(5,20-51)25(45)10-13-48(26,7)47(21,6)15-14-44(22,3)27(52)17-43)64-42-38(34(58)33(57)36(65-42)39(60)61)67-41-37(32(56)30(54)24(19-50)63-41)66-40-35(59)31(55)29(53)23(18-49)62-40/h8,22-26,28-38,40-42,49-51,53-59H,9-20H2,1-7H3,(H,60,61)/t22-,23-,24-,25+,26+,28-,29+,30+,31+,32+,33+,34-,35+,36+,37+,38+,40+,41+,42-,44-,45-,46+,47-,48+/m0/s1. The Morgan fingerprint density at radius 3 is 1.87 bits per heavy atom. The van der Waals surface area contributed by atoms with Gasteiger partial charge in [-0.15, -0.1) is 0 Å². The Kier molecular flexibility index (Phi) is 13.9. The molecule has 0 spiro atoms. The lowest BCUT2D eigenvalue weighted by atomic mass is 9.33. The molecule has 7 fully saturated rings. The van der Waals surface area contributed by atoms with Crippen molar-refractivity contribution >= 4 is 11.8 Å². The van der Waals surface area contributed by atoms with Crippen LogP contribution in [0.1, 0.15) is 106 Å². The molecule has 19 nitrogen and oxygen atoms in total. The fraction of sp³-hybridized carbons (Fsp3) is 0.917. The van der Waals surface area contributed by atoms with Gasteiger partial charge in [0.1, 0.15) is 72.9 Å². The van der Waals surface area contributed by atoms with E-state index in [0.717, 1.165) is 38.5 Å². The van der Waals surface area contributed by atoms with Crippen molar-refractivity contribution in [2.75, 3.05) is 19.8 Å². The molecule has 3 aliphatic heterocycles. The zero-order valence-corrected chi connectivity index (χ0v) is 39.7. The summed E-state index contributed by atoms with van der Waals surface area (Å²) in [6.45, 7) is 13.7. The number of rotatable bonds is 10. The van der Waals surface area contributed by atoms with Crippen molar-refractivity contribution in [2.24, 2.45) is 50.2 Å². The van der Waals surface area contributed by atoms with E-state index in [9.17, 15) is 65.8 Å². The summed E-state index contributed by atoms with van der Waals surface area (Å²) in [7, 11) is 0. The lowest BCUT2D eigenvalue weighted by molar-refractivity contribution is -0.397. The molecule has 0 amide bonds. The van der Waals surface area contributed by atoms with Gasteiger partial charge in [0.2, 0.25) is 0 Å². The molecular weight excluding hydrogens is 881 g/mol. The highest BCUT2D eigenvalue weighted by molar-refractivity contribution is 5.87. The number of aliphatic hydroxyl groups is 10. The molecule has 382 valence electrons. The van der Waals surface area contributed by atoms with Gasteiger partial charge in [0.15, 0.2) is 25.0 Å². The predicted octanol–water partition coefficient (Wildman–Crippen LogP) is -0.115. The van der Waals surface area contributed by atoms with Gasteiger partial charge >= 0.3 is 5.97 Å². The molecule has 3 saturated heterocycles. The molecule has 0 aromatic rings. The highest BCUT2D eigenvalue weighted by Crippen LogP contribution is 2.75. The van der Waals surface area contributed by atoms with Crippen LogP contribution in [0.3, 0.4) is 0 Å². The minimum atomic E-state index is -2.10. The van der Waals surface area contributed by atoms with E-state index in [0.29, 0.717) is 25.0 Å². The number of allylic oxidation sites excluding steroid dienone is 2. The van der Waals surface area contributed by atoms with Crippen molar-refractivity contribution in [3.05, 3.63) is 11.6 Å². The fourth-order valence-electron chi connectivity index (χ4n) is 14.9. The number of carbonyl (C=O) groups excluding carboxylic acids is 1. The summed E-state index contributed by atoms with van der Waals surface area (Å²) < 4.78 is 35.9. The van der Waals surface area contributed by atoms with Gasteiger partial charge in [0.25, 0.3) is 0 Å². The lowest BCUT2D eigenvalue weighted by Crippen LogP contribution is -2.68. The van der Waals surface area contributed by atoms with Gasteiger partial charge in [-0.25, -0.2) is 4.79 Å². The van der Waals surface area contributed by atoms with Crippen LogP contribution < -0.4 is 0 Å².